The first-order valence-corrected chi connectivity index (χ1v) is 9.03. The molecule has 2 aliphatic rings. The summed E-state index contributed by atoms with van der Waals surface area (Å²) >= 11 is 0. The van der Waals surface area contributed by atoms with Gasteiger partial charge in [-0.05, 0) is 25.0 Å². The minimum absolute atomic E-state index is 0.112. The van der Waals surface area contributed by atoms with Crippen molar-refractivity contribution >= 4 is 5.71 Å². The zero-order chi connectivity index (χ0) is 18.3. The van der Waals surface area contributed by atoms with Crippen molar-refractivity contribution in [1.82, 2.24) is 5.32 Å². The zero-order valence-electron chi connectivity index (χ0n) is 14.6. The molecule has 1 saturated heterocycles. The maximum atomic E-state index is 14.6. The van der Waals surface area contributed by atoms with Crippen LogP contribution in [0.25, 0.3) is 0 Å². The number of rotatable bonds is 2. The molecule has 0 amide bonds. The van der Waals surface area contributed by atoms with Gasteiger partial charge in [-0.15, -0.1) is 0 Å². The lowest BCUT2D eigenvalue weighted by Gasteiger charge is -2.53. The van der Waals surface area contributed by atoms with Gasteiger partial charge in [0.25, 0.3) is 0 Å². The second-order valence-electron chi connectivity index (χ2n) is 7.52. The van der Waals surface area contributed by atoms with Crippen LogP contribution in [0.4, 0.5) is 8.78 Å². The molecule has 0 radical (unpaired) electrons. The molecular formula is C21H22F2N2O. The van der Waals surface area contributed by atoms with Crippen molar-refractivity contribution in [1.29, 1.82) is 0 Å². The lowest BCUT2D eigenvalue weighted by atomic mass is 9.58. The highest BCUT2D eigenvalue weighted by Gasteiger charge is 2.53. The van der Waals surface area contributed by atoms with Gasteiger partial charge in [0.05, 0.1) is 5.71 Å². The molecule has 1 saturated carbocycles. The molecule has 2 bridgehead atoms. The highest BCUT2D eigenvalue weighted by molar-refractivity contribution is 5.94. The van der Waals surface area contributed by atoms with Gasteiger partial charge in [0.15, 0.2) is 0 Å². The summed E-state index contributed by atoms with van der Waals surface area (Å²) in [4.78, 5) is 0. The van der Waals surface area contributed by atoms with Crippen LogP contribution in [0.2, 0.25) is 0 Å². The normalized spacial score (nSPS) is 32.6. The fourth-order valence-corrected chi connectivity index (χ4v) is 4.84. The molecule has 4 rings (SSSR count). The van der Waals surface area contributed by atoms with E-state index in [1.54, 1.807) is 36.4 Å². The monoisotopic (exact) mass is 356 g/mol. The Labute approximate surface area is 151 Å². The maximum Gasteiger partial charge on any atom is 0.128 e. The van der Waals surface area contributed by atoms with E-state index in [9.17, 15) is 14.0 Å². The van der Waals surface area contributed by atoms with Gasteiger partial charge in [-0.3, -0.25) is 0 Å². The van der Waals surface area contributed by atoms with E-state index >= 15 is 0 Å². The molecule has 2 aromatic rings. The number of halogens is 2. The summed E-state index contributed by atoms with van der Waals surface area (Å²) in [5, 5.41) is 17.0. The van der Waals surface area contributed by atoms with E-state index in [2.05, 4.69) is 10.5 Å². The zero-order valence-corrected chi connectivity index (χ0v) is 14.6. The Balaban J connectivity index is 1.87. The van der Waals surface area contributed by atoms with Gasteiger partial charge >= 0.3 is 0 Å². The number of nitrogens with zero attached hydrogens (tertiary/aromatic N) is 1. The van der Waals surface area contributed by atoms with E-state index in [0.29, 0.717) is 16.8 Å². The quantitative estimate of drug-likeness (QED) is 0.588. The van der Waals surface area contributed by atoms with Crippen molar-refractivity contribution in [2.75, 3.05) is 0 Å². The molecule has 4 atom stereocenters. The second kappa shape index (κ2) is 6.47. The molecule has 0 aromatic heterocycles. The van der Waals surface area contributed by atoms with E-state index in [0.717, 1.165) is 19.3 Å². The largest absolute Gasteiger partial charge is 0.411 e. The fraction of sp³-hybridized carbons (Fsp3) is 0.381. The highest BCUT2D eigenvalue weighted by atomic mass is 19.1. The minimum Gasteiger partial charge on any atom is -0.411 e. The van der Waals surface area contributed by atoms with Gasteiger partial charge in [0.1, 0.15) is 11.6 Å². The van der Waals surface area contributed by atoms with Crippen molar-refractivity contribution in [3.8, 4) is 0 Å². The smallest absolute Gasteiger partial charge is 0.128 e. The van der Waals surface area contributed by atoms with Gasteiger partial charge < -0.3 is 10.5 Å². The van der Waals surface area contributed by atoms with E-state index < -0.39 is 11.5 Å². The van der Waals surface area contributed by atoms with E-state index in [1.807, 2.05) is 6.92 Å². The first-order chi connectivity index (χ1) is 12.6. The average molecular weight is 356 g/mol. The number of fused-ring (bicyclic) bond motifs is 2. The van der Waals surface area contributed by atoms with Gasteiger partial charge in [0.2, 0.25) is 0 Å². The summed E-state index contributed by atoms with van der Waals surface area (Å²) in [6.45, 7) is 2.01. The van der Waals surface area contributed by atoms with Crippen LogP contribution < -0.4 is 5.32 Å². The summed E-state index contributed by atoms with van der Waals surface area (Å²) in [7, 11) is 0. The molecule has 1 aliphatic carbocycles. The fourth-order valence-electron chi connectivity index (χ4n) is 4.84. The summed E-state index contributed by atoms with van der Waals surface area (Å²) in [6.07, 6.45) is 2.53. The molecule has 136 valence electrons. The summed E-state index contributed by atoms with van der Waals surface area (Å²) in [5.41, 5.74) is 1.19. The standard InChI is InChI=1S/C21H22F2N2O/c1-21-12-6-9-15(20(21)25-26)18(13-7-2-4-10-16(13)22)24-19(21)14-8-3-5-11-17(14)23/h2-5,7-8,10-11,15,18-19,24,26H,6,9,12H2,1H3/b25-20+. The molecule has 3 nitrogen and oxygen atoms in total. The van der Waals surface area contributed by atoms with Crippen molar-refractivity contribution in [2.24, 2.45) is 16.5 Å². The molecule has 0 spiro atoms. The van der Waals surface area contributed by atoms with Crippen molar-refractivity contribution < 1.29 is 14.0 Å². The summed E-state index contributed by atoms with van der Waals surface area (Å²) in [5.74, 6) is -0.720. The molecular weight excluding hydrogens is 334 g/mol. The Hall–Kier alpha value is -2.27. The molecule has 2 fully saturated rings. The van der Waals surface area contributed by atoms with Crippen LogP contribution in [0.15, 0.2) is 53.7 Å². The van der Waals surface area contributed by atoms with Crippen LogP contribution in [-0.4, -0.2) is 10.9 Å². The first kappa shape index (κ1) is 17.2. The molecule has 26 heavy (non-hydrogen) atoms. The van der Waals surface area contributed by atoms with Crippen LogP contribution in [0.1, 0.15) is 49.4 Å². The van der Waals surface area contributed by atoms with E-state index in [-0.39, 0.29) is 23.6 Å². The van der Waals surface area contributed by atoms with Crippen LogP contribution in [0, 0.1) is 23.0 Å². The molecule has 2 aromatic carbocycles. The third-order valence-corrected chi connectivity index (χ3v) is 6.10. The number of hydrogen-bond donors (Lipinski definition) is 2. The number of piperidine rings is 1. The predicted octanol–water partition coefficient (Wildman–Crippen LogP) is 4.99. The third-order valence-electron chi connectivity index (χ3n) is 6.10. The highest BCUT2D eigenvalue weighted by Crippen LogP contribution is 2.54. The van der Waals surface area contributed by atoms with Crippen molar-refractivity contribution in [2.45, 2.75) is 38.3 Å². The van der Waals surface area contributed by atoms with Crippen molar-refractivity contribution in [3.05, 3.63) is 71.3 Å². The van der Waals surface area contributed by atoms with Crippen LogP contribution in [0.3, 0.4) is 0 Å². The maximum absolute atomic E-state index is 14.6. The SMILES string of the molecule is CC12CCCC(/C1=N\O)C(c1ccccc1F)NC2c1ccccc1F. The number of oxime groups is 1. The second-order valence-corrected chi connectivity index (χ2v) is 7.52. The average Bonchev–Trinajstić information content (AvgIpc) is 2.63. The Morgan fingerprint density at radius 3 is 2.27 bits per heavy atom. The van der Waals surface area contributed by atoms with Gasteiger partial charge in [-0.25, -0.2) is 8.78 Å². The predicted molar refractivity (Wildman–Crippen MR) is 96.1 cm³/mol. The summed E-state index contributed by atoms with van der Waals surface area (Å²) < 4.78 is 29.1. The van der Waals surface area contributed by atoms with E-state index in [4.69, 9.17) is 0 Å². The Kier molecular flexibility index (Phi) is 4.27. The first-order valence-electron chi connectivity index (χ1n) is 9.03. The molecule has 4 unspecified atom stereocenters. The molecule has 1 heterocycles. The van der Waals surface area contributed by atoms with Crippen LogP contribution in [0.5, 0.6) is 0 Å². The molecule has 5 heteroatoms. The number of hydrogen-bond acceptors (Lipinski definition) is 3. The Morgan fingerprint density at radius 2 is 1.65 bits per heavy atom. The lowest BCUT2D eigenvalue weighted by Crippen LogP contribution is -2.56. The number of benzene rings is 2. The Morgan fingerprint density at radius 1 is 1.04 bits per heavy atom. The van der Waals surface area contributed by atoms with Gasteiger partial charge in [-0.1, -0.05) is 54.9 Å². The molecule has 2 N–H and O–H groups in total. The van der Waals surface area contributed by atoms with Crippen molar-refractivity contribution in [3.63, 3.8) is 0 Å². The Bertz CT molecular complexity index is 853. The number of nitrogens with one attached hydrogen (secondary N) is 1. The third kappa shape index (κ3) is 2.53. The van der Waals surface area contributed by atoms with Gasteiger partial charge in [0, 0.05) is 34.5 Å². The van der Waals surface area contributed by atoms with Crippen LogP contribution in [-0.2, 0) is 0 Å². The van der Waals surface area contributed by atoms with Crippen LogP contribution >= 0.6 is 0 Å². The lowest BCUT2D eigenvalue weighted by molar-refractivity contribution is 0.143. The topological polar surface area (TPSA) is 44.6 Å². The van der Waals surface area contributed by atoms with Gasteiger partial charge in [-0.2, -0.15) is 0 Å². The molecule has 1 aliphatic heterocycles. The minimum atomic E-state index is -0.512. The van der Waals surface area contributed by atoms with E-state index in [1.165, 1.54) is 12.1 Å². The summed E-state index contributed by atoms with van der Waals surface area (Å²) in [6, 6.07) is 12.5.